The summed E-state index contributed by atoms with van der Waals surface area (Å²) >= 11 is 0. The zero-order valence-corrected chi connectivity index (χ0v) is 9.11. The number of phenols is 1. The molecule has 0 aromatic heterocycles. The summed E-state index contributed by atoms with van der Waals surface area (Å²) in [4.78, 5) is 0. The van der Waals surface area contributed by atoms with E-state index in [0.717, 1.165) is 5.39 Å². The summed E-state index contributed by atoms with van der Waals surface area (Å²) in [7, 11) is 0. The van der Waals surface area contributed by atoms with Gasteiger partial charge in [0.25, 0.3) is 0 Å². The van der Waals surface area contributed by atoms with Crippen LogP contribution < -0.4 is 0 Å². The fourth-order valence-electron chi connectivity index (χ4n) is 1.82. The van der Waals surface area contributed by atoms with Crippen LogP contribution in [0.3, 0.4) is 0 Å². The number of fused-ring (bicyclic) bond motifs is 1. The van der Waals surface area contributed by atoms with Crippen molar-refractivity contribution < 1.29 is 20.4 Å². The Balaban J connectivity index is 2.52. The van der Waals surface area contributed by atoms with Gasteiger partial charge in [-0.25, -0.2) is 0 Å². The van der Waals surface area contributed by atoms with Crippen molar-refractivity contribution in [1.82, 2.24) is 0 Å². The van der Waals surface area contributed by atoms with Gasteiger partial charge in [-0.05, 0) is 5.39 Å². The predicted molar refractivity (Wildman–Crippen MR) is 63.7 cm³/mol. The molecule has 17 heavy (non-hydrogen) atoms. The lowest BCUT2D eigenvalue weighted by molar-refractivity contribution is -0.0161. The van der Waals surface area contributed by atoms with Crippen LogP contribution in [0.5, 0.6) is 5.75 Å². The topological polar surface area (TPSA) is 80.9 Å². The zero-order chi connectivity index (χ0) is 12.4. The van der Waals surface area contributed by atoms with Gasteiger partial charge in [-0.1, -0.05) is 36.4 Å². The van der Waals surface area contributed by atoms with Crippen LogP contribution >= 0.6 is 0 Å². The average molecular weight is 234 g/mol. The van der Waals surface area contributed by atoms with Gasteiger partial charge < -0.3 is 20.4 Å². The number of aliphatic hydroxyl groups excluding tert-OH is 3. The molecule has 2 aromatic rings. The molecule has 0 heterocycles. The molecule has 4 N–H and O–H groups in total. The standard InChI is InChI=1S/C13H14O4/c14-7-11(15)13(17)10-6-5-8-3-1-2-4-9(8)12(10)16/h1-6,11,13-17H,7H2. The first-order chi connectivity index (χ1) is 8.15. The number of rotatable bonds is 3. The molecule has 90 valence electrons. The molecule has 2 atom stereocenters. The molecule has 0 radical (unpaired) electrons. The zero-order valence-electron chi connectivity index (χ0n) is 9.11. The smallest absolute Gasteiger partial charge is 0.129 e. The summed E-state index contributed by atoms with van der Waals surface area (Å²) in [5, 5.41) is 39.4. The van der Waals surface area contributed by atoms with Crippen LogP contribution in [0.1, 0.15) is 11.7 Å². The van der Waals surface area contributed by atoms with Crippen molar-refractivity contribution in [2.45, 2.75) is 12.2 Å². The molecule has 0 amide bonds. The highest BCUT2D eigenvalue weighted by molar-refractivity contribution is 5.89. The molecule has 0 aliphatic rings. The first-order valence-electron chi connectivity index (χ1n) is 5.32. The van der Waals surface area contributed by atoms with Crippen LogP contribution in [0.25, 0.3) is 10.8 Å². The first kappa shape index (κ1) is 11.9. The molecule has 2 aromatic carbocycles. The Hall–Kier alpha value is -1.62. The minimum atomic E-state index is -1.30. The van der Waals surface area contributed by atoms with E-state index in [0.29, 0.717) is 5.39 Å². The second-order valence-corrected chi connectivity index (χ2v) is 3.92. The van der Waals surface area contributed by atoms with Crippen LogP contribution in [-0.2, 0) is 0 Å². The lowest BCUT2D eigenvalue weighted by atomic mass is 9.99. The van der Waals surface area contributed by atoms with Crippen LogP contribution in [0, 0.1) is 0 Å². The number of hydrogen-bond acceptors (Lipinski definition) is 4. The molecule has 2 rings (SSSR count). The van der Waals surface area contributed by atoms with Crippen LogP contribution in [0.15, 0.2) is 36.4 Å². The van der Waals surface area contributed by atoms with E-state index in [2.05, 4.69) is 0 Å². The van der Waals surface area contributed by atoms with E-state index in [4.69, 9.17) is 5.11 Å². The Kier molecular flexibility index (Phi) is 3.28. The van der Waals surface area contributed by atoms with Gasteiger partial charge in [-0.15, -0.1) is 0 Å². The van der Waals surface area contributed by atoms with Crippen molar-refractivity contribution in [3.63, 3.8) is 0 Å². The van der Waals surface area contributed by atoms with Crippen LogP contribution in [0.2, 0.25) is 0 Å². The normalized spacial score (nSPS) is 14.8. The van der Waals surface area contributed by atoms with Gasteiger partial charge in [-0.3, -0.25) is 0 Å². The fourth-order valence-corrected chi connectivity index (χ4v) is 1.82. The summed E-state index contributed by atoms with van der Waals surface area (Å²) < 4.78 is 0. The molecule has 0 spiro atoms. The summed E-state index contributed by atoms with van der Waals surface area (Å²) in [6.45, 7) is -0.562. The van der Waals surface area contributed by atoms with E-state index in [9.17, 15) is 15.3 Å². The molecule has 0 aliphatic carbocycles. The van der Waals surface area contributed by atoms with E-state index >= 15 is 0 Å². The van der Waals surface area contributed by atoms with Crippen molar-refractivity contribution in [2.75, 3.05) is 6.61 Å². The van der Waals surface area contributed by atoms with Crippen LogP contribution in [0.4, 0.5) is 0 Å². The largest absolute Gasteiger partial charge is 0.507 e. The monoisotopic (exact) mass is 234 g/mol. The van der Waals surface area contributed by atoms with Gasteiger partial charge in [0, 0.05) is 10.9 Å². The van der Waals surface area contributed by atoms with E-state index in [1.54, 1.807) is 24.3 Å². The Morgan fingerprint density at radius 3 is 2.41 bits per heavy atom. The summed E-state index contributed by atoms with van der Waals surface area (Å²) in [5.74, 6) is -0.0666. The predicted octanol–water partition coefficient (Wildman–Crippen LogP) is 0.932. The van der Waals surface area contributed by atoms with Crippen molar-refractivity contribution in [3.05, 3.63) is 42.0 Å². The Bertz CT molecular complexity index is 524. The van der Waals surface area contributed by atoms with E-state index < -0.39 is 18.8 Å². The highest BCUT2D eigenvalue weighted by Crippen LogP contribution is 2.33. The third kappa shape index (κ3) is 2.10. The third-order valence-corrected chi connectivity index (χ3v) is 2.80. The maximum atomic E-state index is 10.0. The van der Waals surface area contributed by atoms with Gasteiger partial charge in [0.05, 0.1) is 6.61 Å². The molecule has 0 fully saturated rings. The molecule has 2 unspecified atom stereocenters. The van der Waals surface area contributed by atoms with Gasteiger partial charge in [0.2, 0.25) is 0 Å². The van der Waals surface area contributed by atoms with Gasteiger partial charge in [-0.2, -0.15) is 0 Å². The van der Waals surface area contributed by atoms with Crippen molar-refractivity contribution >= 4 is 10.8 Å². The van der Waals surface area contributed by atoms with E-state index in [1.165, 1.54) is 0 Å². The molecule has 0 saturated heterocycles. The maximum absolute atomic E-state index is 10.0. The second kappa shape index (κ2) is 4.71. The molecule has 0 aliphatic heterocycles. The lowest BCUT2D eigenvalue weighted by Gasteiger charge is -2.18. The number of aliphatic hydroxyl groups is 3. The first-order valence-corrected chi connectivity index (χ1v) is 5.32. The quantitative estimate of drug-likeness (QED) is 0.637. The highest BCUT2D eigenvalue weighted by Gasteiger charge is 2.21. The van der Waals surface area contributed by atoms with E-state index in [-0.39, 0.29) is 11.3 Å². The molecule has 0 saturated carbocycles. The summed E-state index contributed by atoms with van der Waals surface area (Å²) in [5.41, 5.74) is 0.213. The van der Waals surface area contributed by atoms with Crippen molar-refractivity contribution in [3.8, 4) is 5.75 Å². The Morgan fingerprint density at radius 2 is 1.71 bits per heavy atom. The summed E-state index contributed by atoms with van der Waals surface area (Å²) in [6.07, 6.45) is -2.60. The average Bonchev–Trinajstić information content (AvgIpc) is 2.38. The Morgan fingerprint density at radius 1 is 1.00 bits per heavy atom. The lowest BCUT2D eigenvalue weighted by Crippen LogP contribution is -2.22. The molecule has 4 nitrogen and oxygen atoms in total. The van der Waals surface area contributed by atoms with Crippen molar-refractivity contribution in [1.29, 1.82) is 0 Å². The Labute approximate surface area is 98.4 Å². The van der Waals surface area contributed by atoms with Gasteiger partial charge >= 0.3 is 0 Å². The number of aromatic hydroxyl groups is 1. The minimum absolute atomic E-state index is 0.0666. The third-order valence-electron chi connectivity index (χ3n) is 2.80. The number of benzene rings is 2. The molecule has 0 bridgehead atoms. The SMILES string of the molecule is OCC(O)C(O)c1ccc2ccccc2c1O. The molecule has 4 heteroatoms. The molecular weight excluding hydrogens is 220 g/mol. The van der Waals surface area contributed by atoms with E-state index in [1.807, 2.05) is 12.1 Å². The van der Waals surface area contributed by atoms with Crippen LogP contribution in [-0.4, -0.2) is 33.1 Å². The summed E-state index contributed by atoms with van der Waals surface area (Å²) in [6, 6.07) is 10.5. The van der Waals surface area contributed by atoms with Gasteiger partial charge in [0.15, 0.2) is 0 Å². The second-order valence-electron chi connectivity index (χ2n) is 3.92. The minimum Gasteiger partial charge on any atom is -0.507 e. The number of hydrogen-bond donors (Lipinski definition) is 4. The molecular formula is C13H14O4. The van der Waals surface area contributed by atoms with Gasteiger partial charge in [0.1, 0.15) is 18.0 Å². The maximum Gasteiger partial charge on any atom is 0.129 e. The van der Waals surface area contributed by atoms with Crippen molar-refractivity contribution in [2.24, 2.45) is 0 Å². The highest BCUT2D eigenvalue weighted by atomic mass is 16.4. The number of phenolic OH excluding ortho intramolecular Hbond substituents is 1. The fraction of sp³-hybridized carbons (Fsp3) is 0.231.